The Hall–Kier alpha value is -0.940. The summed E-state index contributed by atoms with van der Waals surface area (Å²) in [6, 6.07) is 0. The molecule has 1 N–H and O–H groups in total. The van der Waals surface area contributed by atoms with E-state index in [2.05, 4.69) is 15.3 Å². The molecule has 0 aromatic carbocycles. The largest absolute Gasteiger partial charge is 0.481 e. The Balaban J connectivity index is 2.00. The zero-order valence-corrected chi connectivity index (χ0v) is 11.1. The summed E-state index contributed by atoms with van der Waals surface area (Å²) in [6.45, 7) is 6.20. The molecule has 94 valence electrons. The number of nitrogens with zero attached hydrogens (tertiary/aromatic N) is 2. The van der Waals surface area contributed by atoms with Crippen LogP contribution in [0.3, 0.4) is 0 Å². The van der Waals surface area contributed by atoms with Crippen molar-refractivity contribution in [2.75, 3.05) is 13.1 Å². The highest BCUT2D eigenvalue weighted by Gasteiger charge is 2.37. The summed E-state index contributed by atoms with van der Waals surface area (Å²) in [6.07, 6.45) is 1.72. The molecule has 0 aliphatic carbocycles. The minimum Gasteiger partial charge on any atom is -0.481 e. The molecule has 1 aliphatic rings. The number of hydrogen-bond donors (Lipinski definition) is 1. The monoisotopic (exact) mass is 254 g/mol. The van der Waals surface area contributed by atoms with E-state index < -0.39 is 11.4 Å². The Morgan fingerprint density at radius 2 is 2.47 bits per heavy atom. The van der Waals surface area contributed by atoms with Crippen LogP contribution in [0.2, 0.25) is 0 Å². The molecule has 1 atom stereocenters. The van der Waals surface area contributed by atoms with E-state index >= 15 is 0 Å². The molecule has 1 fully saturated rings. The Morgan fingerprint density at radius 3 is 3.06 bits per heavy atom. The highest BCUT2D eigenvalue weighted by Crippen LogP contribution is 2.30. The number of likely N-dealkylation sites (tertiary alicyclic amines) is 1. The molecule has 5 heteroatoms. The van der Waals surface area contributed by atoms with Crippen LogP contribution in [0.25, 0.3) is 0 Å². The number of aryl methyl sites for hydroxylation is 1. The molecule has 0 amide bonds. The highest BCUT2D eigenvalue weighted by molar-refractivity contribution is 7.09. The molecule has 1 aliphatic heterocycles. The van der Waals surface area contributed by atoms with E-state index in [1.54, 1.807) is 11.3 Å². The smallest absolute Gasteiger partial charge is 0.310 e. The van der Waals surface area contributed by atoms with Gasteiger partial charge in [0.25, 0.3) is 0 Å². The van der Waals surface area contributed by atoms with Gasteiger partial charge in [-0.2, -0.15) is 0 Å². The van der Waals surface area contributed by atoms with Gasteiger partial charge in [-0.1, -0.05) is 0 Å². The zero-order chi connectivity index (χ0) is 12.5. The van der Waals surface area contributed by atoms with E-state index in [0.29, 0.717) is 6.54 Å². The van der Waals surface area contributed by atoms with E-state index in [-0.39, 0.29) is 0 Å². The van der Waals surface area contributed by atoms with E-state index in [0.717, 1.165) is 36.6 Å². The minimum atomic E-state index is -0.684. The van der Waals surface area contributed by atoms with Crippen molar-refractivity contribution >= 4 is 17.3 Å². The van der Waals surface area contributed by atoms with Crippen LogP contribution in [-0.4, -0.2) is 34.0 Å². The first-order valence-corrected chi connectivity index (χ1v) is 6.74. The molecular formula is C12H18N2O2S. The van der Waals surface area contributed by atoms with Gasteiger partial charge >= 0.3 is 5.97 Å². The van der Waals surface area contributed by atoms with Crippen LogP contribution in [-0.2, 0) is 11.3 Å². The second-order valence-electron chi connectivity index (χ2n) is 5.04. The number of carboxylic acid groups (broad SMARTS) is 1. The molecule has 0 radical (unpaired) electrons. The quantitative estimate of drug-likeness (QED) is 0.898. The third-order valence-electron chi connectivity index (χ3n) is 3.34. The van der Waals surface area contributed by atoms with E-state index in [1.165, 1.54) is 0 Å². The first kappa shape index (κ1) is 12.5. The molecule has 1 aromatic rings. The van der Waals surface area contributed by atoms with Gasteiger partial charge in [0.15, 0.2) is 0 Å². The molecule has 2 rings (SSSR count). The number of thiazole rings is 1. The van der Waals surface area contributed by atoms with Crippen LogP contribution in [0.4, 0.5) is 0 Å². The van der Waals surface area contributed by atoms with Crippen LogP contribution >= 0.6 is 11.3 Å². The van der Waals surface area contributed by atoms with E-state index in [1.807, 2.05) is 13.8 Å². The van der Waals surface area contributed by atoms with Gasteiger partial charge in [-0.15, -0.1) is 11.3 Å². The van der Waals surface area contributed by atoms with Crippen molar-refractivity contribution in [3.05, 3.63) is 16.1 Å². The third-order valence-corrected chi connectivity index (χ3v) is 4.17. The third kappa shape index (κ3) is 2.84. The molecule has 2 heterocycles. The molecule has 0 bridgehead atoms. The molecule has 1 saturated heterocycles. The van der Waals surface area contributed by atoms with Crippen LogP contribution in [0.5, 0.6) is 0 Å². The van der Waals surface area contributed by atoms with Crippen molar-refractivity contribution in [3.63, 3.8) is 0 Å². The molecule has 17 heavy (non-hydrogen) atoms. The standard InChI is InChI=1S/C12H18N2O2S/c1-9-13-10(7-17-9)6-14-5-3-4-12(2,8-14)11(15)16/h7H,3-6,8H2,1-2H3,(H,15,16). The second-order valence-corrected chi connectivity index (χ2v) is 6.10. The number of aromatic nitrogens is 1. The summed E-state index contributed by atoms with van der Waals surface area (Å²) in [4.78, 5) is 17.9. The van der Waals surface area contributed by atoms with Crippen LogP contribution in [0, 0.1) is 12.3 Å². The number of carboxylic acids is 1. The van der Waals surface area contributed by atoms with Gasteiger partial charge in [-0.3, -0.25) is 9.69 Å². The summed E-state index contributed by atoms with van der Waals surface area (Å²) in [7, 11) is 0. The van der Waals surface area contributed by atoms with Crippen molar-refractivity contribution in [1.82, 2.24) is 9.88 Å². The number of hydrogen-bond acceptors (Lipinski definition) is 4. The van der Waals surface area contributed by atoms with Gasteiger partial charge in [-0.25, -0.2) is 4.98 Å². The van der Waals surface area contributed by atoms with Gasteiger partial charge in [0.1, 0.15) is 0 Å². The Bertz CT molecular complexity index is 418. The van der Waals surface area contributed by atoms with Gasteiger partial charge in [0.05, 0.1) is 16.1 Å². The highest BCUT2D eigenvalue weighted by atomic mass is 32.1. The average molecular weight is 254 g/mol. The number of rotatable bonds is 3. The van der Waals surface area contributed by atoms with Crippen LogP contribution in [0.1, 0.15) is 30.5 Å². The lowest BCUT2D eigenvalue weighted by atomic mass is 9.82. The lowest BCUT2D eigenvalue weighted by Gasteiger charge is -2.37. The molecular weight excluding hydrogens is 236 g/mol. The van der Waals surface area contributed by atoms with Crippen molar-refractivity contribution in [2.45, 2.75) is 33.2 Å². The van der Waals surface area contributed by atoms with Gasteiger partial charge < -0.3 is 5.11 Å². The average Bonchev–Trinajstić information content (AvgIpc) is 2.64. The Kier molecular flexibility index (Phi) is 3.49. The topological polar surface area (TPSA) is 53.4 Å². The Labute approximate surface area is 105 Å². The van der Waals surface area contributed by atoms with E-state index in [9.17, 15) is 9.90 Å². The molecule has 0 spiro atoms. The maximum atomic E-state index is 11.2. The van der Waals surface area contributed by atoms with Crippen molar-refractivity contribution in [2.24, 2.45) is 5.41 Å². The summed E-state index contributed by atoms with van der Waals surface area (Å²) in [5.74, 6) is -0.684. The zero-order valence-electron chi connectivity index (χ0n) is 10.3. The predicted molar refractivity (Wildman–Crippen MR) is 67.1 cm³/mol. The lowest BCUT2D eigenvalue weighted by molar-refractivity contribution is -0.151. The fraction of sp³-hybridized carbons (Fsp3) is 0.667. The summed E-state index contributed by atoms with van der Waals surface area (Å²) in [5, 5.41) is 12.4. The molecule has 1 aromatic heterocycles. The summed E-state index contributed by atoms with van der Waals surface area (Å²) < 4.78 is 0. The number of aliphatic carboxylic acids is 1. The van der Waals surface area contributed by atoms with Gasteiger partial charge in [0, 0.05) is 18.5 Å². The predicted octanol–water partition coefficient (Wildman–Crippen LogP) is 2.14. The molecule has 0 saturated carbocycles. The van der Waals surface area contributed by atoms with Crippen LogP contribution in [0.15, 0.2) is 5.38 Å². The fourth-order valence-electron chi connectivity index (χ4n) is 2.36. The lowest BCUT2D eigenvalue weighted by Crippen LogP contribution is -2.45. The maximum absolute atomic E-state index is 11.2. The number of piperidine rings is 1. The second kappa shape index (κ2) is 4.74. The summed E-state index contributed by atoms with van der Waals surface area (Å²) in [5.41, 5.74) is 0.464. The van der Waals surface area contributed by atoms with E-state index in [4.69, 9.17) is 0 Å². The van der Waals surface area contributed by atoms with Crippen molar-refractivity contribution in [1.29, 1.82) is 0 Å². The molecule has 1 unspecified atom stereocenters. The van der Waals surface area contributed by atoms with Gasteiger partial charge in [-0.05, 0) is 33.2 Å². The number of carbonyl (C=O) groups is 1. The van der Waals surface area contributed by atoms with Crippen molar-refractivity contribution < 1.29 is 9.90 Å². The van der Waals surface area contributed by atoms with Crippen LogP contribution < -0.4 is 0 Å². The normalized spacial score (nSPS) is 26.0. The first-order valence-electron chi connectivity index (χ1n) is 5.86. The molecule has 4 nitrogen and oxygen atoms in total. The van der Waals surface area contributed by atoms with Gasteiger partial charge in [0.2, 0.25) is 0 Å². The van der Waals surface area contributed by atoms with Crippen molar-refractivity contribution in [3.8, 4) is 0 Å². The fourth-order valence-corrected chi connectivity index (χ4v) is 2.97. The SMILES string of the molecule is Cc1nc(CN2CCCC(C)(C(=O)O)C2)cs1. The minimum absolute atomic E-state index is 0.594. The summed E-state index contributed by atoms with van der Waals surface area (Å²) >= 11 is 1.65. The first-order chi connectivity index (χ1) is 7.99. The Morgan fingerprint density at radius 1 is 1.71 bits per heavy atom. The maximum Gasteiger partial charge on any atom is 0.310 e.